The summed E-state index contributed by atoms with van der Waals surface area (Å²) < 4.78 is 60.7. The maximum absolute atomic E-state index is 13.1. The quantitative estimate of drug-likeness (QED) is 0.332. The van der Waals surface area contributed by atoms with Gasteiger partial charge in [-0.1, -0.05) is 18.2 Å². The van der Waals surface area contributed by atoms with Gasteiger partial charge < -0.3 is 24.8 Å². The van der Waals surface area contributed by atoms with Crippen LogP contribution in [0.2, 0.25) is 0 Å². The van der Waals surface area contributed by atoms with E-state index >= 15 is 0 Å². The second-order valence-corrected chi connectivity index (χ2v) is 6.83. The Kier molecular flexibility index (Phi) is 5.78. The Bertz CT molecular complexity index is 1370. The first-order valence-electron chi connectivity index (χ1n) is 9.46. The van der Waals surface area contributed by atoms with E-state index in [-0.39, 0.29) is 11.3 Å². The van der Waals surface area contributed by atoms with Crippen molar-refractivity contribution in [1.29, 1.82) is 0 Å². The molecular weight excluding hydrogens is 446 g/mol. The molecule has 0 unspecified atom stereocenters. The zero-order valence-corrected chi connectivity index (χ0v) is 16.6. The minimum Gasteiger partial charge on any atom is -0.455 e. The molecule has 0 aliphatic heterocycles. The van der Waals surface area contributed by atoms with E-state index in [4.69, 9.17) is 4.74 Å². The molecule has 0 saturated carbocycles. The summed E-state index contributed by atoms with van der Waals surface area (Å²) in [5.41, 5.74) is 0.836. The van der Waals surface area contributed by atoms with Crippen molar-refractivity contribution < 1.29 is 31.8 Å². The van der Waals surface area contributed by atoms with Crippen LogP contribution in [0.1, 0.15) is 10.4 Å². The normalized spacial score (nSPS) is 11.5. The second kappa shape index (κ2) is 8.69. The number of benzene rings is 3. The van der Waals surface area contributed by atoms with Gasteiger partial charge in [0, 0.05) is 17.3 Å². The summed E-state index contributed by atoms with van der Waals surface area (Å²) in [6.07, 6.45) is -8.67. The Morgan fingerprint density at radius 2 is 1.67 bits per heavy atom. The standard InChI is InChI=1S/C22H15F4N3O4/c23-20(24)22(25,26)33-15-7-2-5-13(11-15)27-19(30)12-4-1-6-14(10-12)32-17-9-3-8-16-18(17)29-21(31)28-16/h1-11,20H,(H,27,30)(H2,28,29,31). The lowest BCUT2D eigenvalue weighted by Gasteiger charge is -2.17. The lowest BCUT2D eigenvalue weighted by atomic mass is 10.2. The molecule has 0 radical (unpaired) electrons. The Morgan fingerprint density at radius 1 is 0.939 bits per heavy atom. The van der Waals surface area contributed by atoms with E-state index in [2.05, 4.69) is 20.0 Å². The van der Waals surface area contributed by atoms with E-state index in [0.717, 1.165) is 12.1 Å². The van der Waals surface area contributed by atoms with Crippen LogP contribution in [0.3, 0.4) is 0 Å². The Morgan fingerprint density at radius 3 is 2.45 bits per heavy atom. The number of halogens is 4. The molecule has 0 aliphatic carbocycles. The predicted octanol–water partition coefficient (Wildman–Crippen LogP) is 5.14. The number of H-pyrrole nitrogens is 2. The monoisotopic (exact) mass is 461 g/mol. The summed E-state index contributed by atoms with van der Waals surface area (Å²) >= 11 is 0. The number of hydrogen-bond donors (Lipinski definition) is 3. The fourth-order valence-electron chi connectivity index (χ4n) is 2.99. The van der Waals surface area contributed by atoms with Crippen LogP contribution in [0.25, 0.3) is 11.0 Å². The summed E-state index contributed by atoms with van der Waals surface area (Å²) in [7, 11) is 0. The summed E-state index contributed by atoms with van der Waals surface area (Å²) in [5, 5.41) is 2.48. The van der Waals surface area contributed by atoms with Crippen molar-refractivity contribution in [3.63, 3.8) is 0 Å². The van der Waals surface area contributed by atoms with Crippen LogP contribution >= 0.6 is 0 Å². The van der Waals surface area contributed by atoms with Gasteiger partial charge in [-0.2, -0.15) is 17.6 Å². The molecule has 0 fully saturated rings. The molecule has 170 valence electrons. The second-order valence-electron chi connectivity index (χ2n) is 6.83. The van der Waals surface area contributed by atoms with Crippen LogP contribution in [0.4, 0.5) is 23.2 Å². The van der Waals surface area contributed by atoms with Crippen molar-refractivity contribution in [2.75, 3.05) is 5.32 Å². The molecule has 4 rings (SSSR count). The van der Waals surface area contributed by atoms with E-state index in [0.29, 0.717) is 22.5 Å². The average Bonchev–Trinajstić information content (AvgIpc) is 3.15. The number of hydrogen-bond acceptors (Lipinski definition) is 4. The van der Waals surface area contributed by atoms with Gasteiger partial charge in [-0.15, -0.1) is 0 Å². The SMILES string of the molecule is O=C(Nc1cccc(OC(F)(F)C(F)F)c1)c1cccc(Oc2cccc3[nH]c(=O)[nH]c23)c1. The minimum absolute atomic E-state index is 0.0588. The van der Waals surface area contributed by atoms with E-state index in [1.54, 1.807) is 30.3 Å². The van der Waals surface area contributed by atoms with Gasteiger partial charge >= 0.3 is 18.2 Å². The molecule has 4 aromatic rings. The van der Waals surface area contributed by atoms with Crippen molar-refractivity contribution in [3.05, 3.63) is 82.8 Å². The zero-order valence-electron chi connectivity index (χ0n) is 16.6. The molecule has 1 heterocycles. The number of para-hydroxylation sites is 1. The van der Waals surface area contributed by atoms with Crippen LogP contribution < -0.4 is 20.5 Å². The first-order chi connectivity index (χ1) is 15.7. The molecule has 3 aromatic carbocycles. The maximum Gasteiger partial charge on any atom is 0.461 e. The smallest absolute Gasteiger partial charge is 0.455 e. The van der Waals surface area contributed by atoms with Crippen molar-refractivity contribution in [2.45, 2.75) is 12.5 Å². The number of fused-ring (bicyclic) bond motifs is 1. The van der Waals surface area contributed by atoms with Crippen LogP contribution in [-0.4, -0.2) is 28.4 Å². The molecule has 7 nitrogen and oxygen atoms in total. The third kappa shape index (κ3) is 4.97. The molecule has 0 bridgehead atoms. The van der Waals surface area contributed by atoms with Crippen molar-refractivity contribution >= 4 is 22.6 Å². The highest BCUT2D eigenvalue weighted by Crippen LogP contribution is 2.30. The van der Waals surface area contributed by atoms with Crippen LogP contribution in [-0.2, 0) is 0 Å². The van der Waals surface area contributed by atoms with E-state index in [1.807, 2.05) is 0 Å². The Balaban J connectivity index is 1.50. The molecule has 3 N–H and O–H groups in total. The van der Waals surface area contributed by atoms with Crippen LogP contribution in [0, 0.1) is 0 Å². The lowest BCUT2D eigenvalue weighted by molar-refractivity contribution is -0.253. The predicted molar refractivity (Wildman–Crippen MR) is 111 cm³/mol. The number of carbonyl (C=O) groups excluding carboxylic acids is 1. The minimum atomic E-state index is -4.67. The summed E-state index contributed by atoms with van der Waals surface area (Å²) in [4.78, 5) is 29.4. The lowest BCUT2D eigenvalue weighted by Crippen LogP contribution is -2.33. The maximum atomic E-state index is 13.1. The van der Waals surface area contributed by atoms with Gasteiger partial charge in [0.05, 0.1) is 5.52 Å². The molecule has 1 amide bonds. The van der Waals surface area contributed by atoms with Crippen molar-refractivity contribution in [3.8, 4) is 17.2 Å². The first-order valence-corrected chi connectivity index (χ1v) is 9.46. The number of aromatic amines is 2. The van der Waals surface area contributed by atoms with Gasteiger partial charge in [0.15, 0.2) is 5.75 Å². The van der Waals surface area contributed by atoms with E-state index in [9.17, 15) is 27.2 Å². The van der Waals surface area contributed by atoms with Gasteiger partial charge in [0.1, 0.15) is 17.0 Å². The van der Waals surface area contributed by atoms with Crippen LogP contribution in [0.5, 0.6) is 17.2 Å². The highest BCUT2D eigenvalue weighted by Gasteiger charge is 2.44. The molecule has 11 heteroatoms. The zero-order chi connectivity index (χ0) is 23.6. The summed E-state index contributed by atoms with van der Waals surface area (Å²) in [6.45, 7) is 0. The molecular formula is C22H15F4N3O4. The number of aromatic nitrogens is 2. The fourth-order valence-corrected chi connectivity index (χ4v) is 2.99. The summed E-state index contributed by atoms with van der Waals surface area (Å²) in [5.74, 6) is -0.491. The summed E-state index contributed by atoms with van der Waals surface area (Å²) in [6, 6.07) is 15.8. The highest BCUT2D eigenvalue weighted by molar-refractivity contribution is 6.04. The van der Waals surface area contributed by atoms with Crippen LogP contribution in [0.15, 0.2) is 71.5 Å². The topological polar surface area (TPSA) is 96.2 Å². The number of alkyl halides is 4. The van der Waals surface area contributed by atoms with Crippen molar-refractivity contribution in [1.82, 2.24) is 9.97 Å². The largest absolute Gasteiger partial charge is 0.461 e. The third-order valence-electron chi connectivity index (χ3n) is 4.44. The third-order valence-corrected chi connectivity index (χ3v) is 4.44. The fraction of sp³-hybridized carbons (Fsp3) is 0.0909. The van der Waals surface area contributed by atoms with Gasteiger partial charge in [-0.3, -0.25) is 4.79 Å². The molecule has 1 aromatic heterocycles. The first kappa shape index (κ1) is 21.9. The number of ether oxygens (including phenoxy) is 2. The van der Waals surface area contributed by atoms with Gasteiger partial charge in [0.25, 0.3) is 5.91 Å². The van der Waals surface area contributed by atoms with E-state index in [1.165, 1.54) is 24.3 Å². The molecule has 0 aliphatic rings. The number of nitrogens with one attached hydrogen (secondary N) is 3. The highest BCUT2D eigenvalue weighted by atomic mass is 19.3. The number of anilines is 1. The Labute approximate surface area is 183 Å². The number of amides is 1. The van der Waals surface area contributed by atoms with Gasteiger partial charge in [-0.25, -0.2) is 4.79 Å². The molecule has 0 atom stereocenters. The van der Waals surface area contributed by atoms with Gasteiger partial charge in [0.2, 0.25) is 0 Å². The number of imidazole rings is 1. The number of carbonyl (C=O) groups is 1. The average molecular weight is 461 g/mol. The molecule has 0 spiro atoms. The number of rotatable bonds is 7. The molecule has 33 heavy (non-hydrogen) atoms. The van der Waals surface area contributed by atoms with Gasteiger partial charge in [-0.05, 0) is 42.5 Å². The van der Waals surface area contributed by atoms with E-state index < -0.39 is 29.9 Å². The van der Waals surface area contributed by atoms with Crippen molar-refractivity contribution in [2.24, 2.45) is 0 Å². The Hall–Kier alpha value is -4.28. The molecule has 0 saturated heterocycles.